The van der Waals surface area contributed by atoms with E-state index in [2.05, 4.69) is 0 Å². The predicted molar refractivity (Wildman–Crippen MR) is 71.9 cm³/mol. The quantitative estimate of drug-likeness (QED) is 0.663. The second-order valence-corrected chi connectivity index (χ2v) is 6.28. The molecule has 18 heavy (non-hydrogen) atoms. The molecule has 0 atom stereocenters. The molecule has 0 amide bonds. The lowest BCUT2D eigenvalue weighted by atomic mass is 9.80. The van der Waals surface area contributed by atoms with E-state index in [1.807, 2.05) is 40.7 Å². The summed E-state index contributed by atoms with van der Waals surface area (Å²) in [5, 5.41) is 20.5. The molecular formula is C14H21NO3. The fourth-order valence-electron chi connectivity index (χ4n) is 1.83. The van der Waals surface area contributed by atoms with Crippen molar-refractivity contribution in [3.8, 4) is 0 Å². The first-order chi connectivity index (χ1) is 8.09. The van der Waals surface area contributed by atoms with Gasteiger partial charge in [-0.15, -0.1) is 0 Å². The van der Waals surface area contributed by atoms with Crippen LogP contribution in [0.25, 0.3) is 0 Å². The molecule has 1 rings (SSSR count). The largest absolute Gasteiger partial charge is 0.395 e. The molecule has 0 radical (unpaired) electrons. The highest BCUT2D eigenvalue weighted by molar-refractivity contribution is 5.48. The number of nitro groups is 1. The molecule has 0 fully saturated rings. The summed E-state index contributed by atoms with van der Waals surface area (Å²) in [7, 11) is 0. The van der Waals surface area contributed by atoms with Gasteiger partial charge in [0.15, 0.2) is 0 Å². The summed E-state index contributed by atoms with van der Waals surface area (Å²) in [6.45, 7) is 9.54. The first kappa shape index (κ1) is 14.6. The Bertz CT molecular complexity index is 459. The summed E-state index contributed by atoms with van der Waals surface area (Å²) in [6.07, 6.45) is 0. The van der Waals surface area contributed by atoms with Crippen LogP contribution in [0, 0.1) is 10.1 Å². The number of hydrogen-bond donors (Lipinski definition) is 1. The molecule has 4 nitrogen and oxygen atoms in total. The number of aliphatic hydroxyl groups excluding tert-OH is 1. The number of rotatable bonds is 3. The third-order valence-electron chi connectivity index (χ3n) is 3.18. The van der Waals surface area contributed by atoms with Gasteiger partial charge < -0.3 is 5.11 Å². The maximum absolute atomic E-state index is 11.2. The van der Waals surface area contributed by atoms with Gasteiger partial charge in [-0.05, 0) is 11.0 Å². The summed E-state index contributed by atoms with van der Waals surface area (Å²) in [6, 6.07) is 5.24. The molecule has 100 valence electrons. The first-order valence-electron chi connectivity index (χ1n) is 6.00. The molecule has 0 spiro atoms. The SMILES string of the molecule is CC(C)(C)c1ccc(C(C)(C)CO)cc1[N+](=O)[O-]. The third kappa shape index (κ3) is 2.88. The van der Waals surface area contributed by atoms with Gasteiger partial charge in [-0.2, -0.15) is 0 Å². The Morgan fingerprint density at radius 2 is 1.78 bits per heavy atom. The van der Waals surface area contributed by atoms with Gasteiger partial charge in [-0.1, -0.05) is 46.8 Å². The van der Waals surface area contributed by atoms with E-state index in [1.165, 1.54) is 0 Å². The second kappa shape index (κ2) is 4.69. The number of nitro benzene ring substituents is 1. The Labute approximate surface area is 108 Å². The summed E-state index contributed by atoms with van der Waals surface area (Å²) in [5.74, 6) is 0. The van der Waals surface area contributed by atoms with E-state index in [4.69, 9.17) is 0 Å². The van der Waals surface area contributed by atoms with Gasteiger partial charge in [-0.25, -0.2) is 0 Å². The average Bonchev–Trinajstić information content (AvgIpc) is 2.27. The van der Waals surface area contributed by atoms with Crippen LogP contribution in [-0.4, -0.2) is 16.6 Å². The molecule has 0 bridgehead atoms. The smallest absolute Gasteiger partial charge is 0.273 e. The molecule has 1 aromatic carbocycles. The topological polar surface area (TPSA) is 63.4 Å². The summed E-state index contributed by atoms with van der Waals surface area (Å²) in [4.78, 5) is 10.8. The second-order valence-electron chi connectivity index (χ2n) is 6.28. The monoisotopic (exact) mass is 251 g/mol. The fourth-order valence-corrected chi connectivity index (χ4v) is 1.83. The van der Waals surface area contributed by atoms with E-state index in [0.29, 0.717) is 5.56 Å². The van der Waals surface area contributed by atoms with Gasteiger partial charge in [0.1, 0.15) is 0 Å². The molecule has 0 aliphatic heterocycles. The van der Waals surface area contributed by atoms with Crippen LogP contribution in [-0.2, 0) is 10.8 Å². The fraction of sp³-hybridized carbons (Fsp3) is 0.571. The van der Waals surface area contributed by atoms with Crippen molar-refractivity contribution in [2.24, 2.45) is 0 Å². The van der Waals surface area contributed by atoms with Crippen LogP contribution >= 0.6 is 0 Å². The Morgan fingerprint density at radius 3 is 2.17 bits per heavy atom. The minimum atomic E-state index is -0.471. The molecule has 0 heterocycles. The first-order valence-corrected chi connectivity index (χ1v) is 6.00. The van der Waals surface area contributed by atoms with Gasteiger partial charge in [0.05, 0.1) is 11.5 Å². The van der Waals surface area contributed by atoms with E-state index >= 15 is 0 Å². The Kier molecular flexibility index (Phi) is 3.81. The normalized spacial score (nSPS) is 12.6. The van der Waals surface area contributed by atoms with Gasteiger partial charge in [0.2, 0.25) is 0 Å². The van der Waals surface area contributed by atoms with Crippen molar-refractivity contribution in [1.29, 1.82) is 0 Å². The highest BCUT2D eigenvalue weighted by Gasteiger charge is 2.28. The van der Waals surface area contributed by atoms with Gasteiger partial charge in [0, 0.05) is 17.0 Å². The van der Waals surface area contributed by atoms with Crippen LogP contribution in [0.5, 0.6) is 0 Å². The predicted octanol–water partition coefficient (Wildman–Crippen LogP) is 3.16. The number of aliphatic hydroxyl groups is 1. The zero-order chi connectivity index (χ0) is 14.1. The lowest BCUT2D eigenvalue weighted by Crippen LogP contribution is -2.23. The third-order valence-corrected chi connectivity index (χ3v) is 3.18. The van der Waals surface area contributed by atoms with Gasteiger partial charge in [-0.3, -0.25) is 10.1 Å². The van der Waals surface area contributed by atoms with Crippen LogP contribution in [0.4, 0.5) is 5.69 Å². The van der Waals surface area contributed by atoms with E-state index in [0.717, 1.165) is 5.56 Å². The van der Waals surface area contributed by atoms with E-state index in [9.17, 15) is 15.2 Å². The molecule has 0 aliphatic rings. The molecule has 0 saturated heterocycles. The Morgan fingerprint density at radius 1 is 1.22 bits per heavy atom. The van der Waals surface area contributed by atoms with E-state index in [1.54, 1.807) is 12.1 Å². The van der Waals surface area contributed by atoms with Crippen LogP contribution in [0.3, 0.4) is 0 Å². The average molecular weight is 251 g/mol. The Balaban J connectivity index is 3.42. The number of nitrogens with zero attached hydrogens (tertiary/aromatic N) is 1. The molecule has 1 aromatic rings. The zero-order valence-electron chi connectivity index (χ0n) is 11.7. The molecule has 0 saturated carbocycles. The standard InChI is InChI=1S/C14H21NO3/c1-13(2,3)11-7-6-10(14(4,5)9-16)8-12(11)15(17)18/h6-8,16H,9H2,1-5H3. The highest BCUT2D eigenvalue weighted by atomic mass is 16.6. The molecule has 1 N–H and O–H groups in total. The molecule has 0 unspecified atom stereocenters. The lowest BCUT2D eigenvalue weighted by molar-refractivity contribution is -0.386. The van der Waals surface area contributed by atoms with Gasteiger partial charge in [0.25, 0.3) is 5.69 Å². The maximum Gasteiger partial charge on any atom is 0.273 e. The van der Waals surface area contributed by atoms with Crippen molar-refractivity contribution in [1.82, 2.24) is 0 Å². The minimum absolute atomic E-state index is 0.0426. The van der Waals surface area contributed by atoms with Crippen molar-refractivity contribution < 1.29 is 10.0 Å². The van der Waals surface area contributed by atoms with Gasteiger partial charge >= 0.3 is 0 Å². The summed E-state index contributed by atoms with van der Waals surface area (Å²) in [5.41, 5.74) is 0.877. The molecular weight excluding hydrogens is 230 g/mol. The molecule has 4 heteroatoms. The Hall–Kier alpha value is -1.42. The van der Waals surface area contributed by atoms with Crippen molar-refractivity contribution in [2.45, 2.75) is 45.4 Å². The number of hydrogen-bond acceptors (Lipinski definition) is 3. The van der Waals surface area contributed by atoms with Crippen LogP contribution in [0.1, 0.15) is 45.7 Å². The molecule has 0 aromatic heterocycles. The van der Waals surface area contributed by atoms with Crippen LogP contribution in [0.2, 0.25) is 0 Å². The maximum atomic E-state index is 11.2. The summed E-state index contributed by atoms with van der Waals surface area (Å²) >= 11 is 0. The lowest BCUT2D eigenvalue weighted by Gasteiger charge is -2.24. The van der Waals surface area contributed by atoms with Crippen LogP contribution in [0.15, 0.2) is 18.2 Å². The van der Waals surface area contributed by atoms with Crippen molar-refractivity contribution in [2.75, 3.05) is 6.61 Å². The minimum Gasteiger partial charge on any atom is -0.395 e. The van der Waals surface area contributed by atoms with E-state index in [-0.39, 0.29) is 22.6 Å². The van der Waals surface area contributed by atoms with Crippen LogP contribution < -0.4 is 0 Å². The molecule has 0 aliphatic carbocycles. The summed E-state index contributed by atoms with van der Waals surface area (Å²) < 4.78 is 0. The van der Waals surface area contributed by atoms with Crippen molar-refractivity contribution in [3.05, 3.63) is 39.4 Å². The highest BCUT2D eigenvalue weighted by Crippen LogP contribution is 2.34. The van der Waals surface area contributed by atoms with Crippen molar-refractivity contribution >= 4 is 5.69 Å². The van der Waals surface area contributed by atoms with E-state index < -0.39 is 5.41 Å². The van der Waals surface area contributed by atoms with Crippen molar-refractivity contribution in [3.63, 3.8) is 0 Å². The number of benzene rings is 1. The zero-order valence-corrected chi connectivity index (χ0v) is 11.7.